The second-order valence-corrected chi connectivity index (χ2v) is 8.56. The summed E-state index contributed by atoms with van der Waals surface area (Å²) in [5.74, 6) is -0.132. The van der Waals surface area contributed by atoms with Gasteiger partial charge in [-0.25, -0.2) is 0 Å². The van der Waals surface area contributed by atoms with Crippen LogP contribution in [0.2, 0.25) is 0 Å². The van der Waals surface area contributed by atoms with Crippen molar-refractivity contribution >= 4 is 68.2 Å². The second-order valence-electron chi connectivity index (χ2n) is 5.90. The van der Waals surface area contributed by atoms with Crippen LogP contribution in [-0.4, -0.2) is 28.3 Å². The first-order chi connectivity index (χ1) is 13.1. The number of rotatable bonds is 5. The third-order valence-electron chi connectivity index (χ3n) is 4.07. The fourth-order valence-electron chi connectivity index (χ4n) is 2.82. The zero-order valence-electron chi connectivity index (χ0n) is 14.2. The minimum absolute atomic E-state index is 0.132. The number of nitrogens with zero attached hydrogens (tertiary/aromatic N) is 1. The molecule has 0 aliphatic carbocycles. The van der Waals surface area contributed by atoms with E-state index in [1.165, 1.54) is 11.8 Å². The van der Waals surface area contributed by atoms with Crippen LogP contribution in [0.25, 0.3) is 28.1 Å². The Hall–Kier alpha value is -2.26. The Morgan fingerprint density at radius 1 is 1.26 bits per heavy atom. The van der Waals surface area contributed by atoms with E-state index in [2.05, 4.69) is 45.3 Å². The second kappa shape index (κ2) is 7.77. The van der Waals surface area contributed by atoms with Crippen LogP contribution in [0.1, 0.15) is 4.88 Å². The third-order valence-corrected chi connectivity index (χ3v) is 6.11. The number of carbonyl (C=O) groups is 1. The van der Waals surface area contributed by atoms with Crippen molar-refractivity contribution in [2.24, 2.45) is 5.73 Å². The number of nitrogens with two attached hydrogens (primary N) is 1. The van der Waals surface area contributed by atoms with Crippen LogP contribution >= 0.6 is 35.3 Å². The molecule has 1 aliphatic rings. The van der Waals surface area contributed by atoms with Gasteiger partial charge in [0.1, 0.15) is 4.32 Å². The van der Waals surface area contributed by atoms with Gasteiger partial charge in [-0.1, -0.05) is 36.1 Å². The van der Waals surface area contributed by atoms with E-state index in [1.54, 1.807) is 17.5 Å². The first-order valence-electron chi connectivity index (χ1n) is 8.30. The molecule has 8 heteroatoms. The minimum atomic E-state index is -0.132. The molecule has 0 spiro atoms. The predicted molar refractivity (Wildman–Crippen MR) is 119 cm³/mol. The zero-order valence-corrected chi connectivity index (χ0v) is 16.6. The van der Waals surface area contributed by atoms with Gasteiger partial charge in [0.05, 0.1) is 10.4 Å². The molecule has 0 unspecified atom stereocenters. The zero-order chi connectivity index (χ0) is 18.8. The summed E-state index contributed by atoms with van der Waals surface area (Å²) in [6, 6.07) is 10.3. The summed E-state index contributed by atoms with van der Waals surface area (Å²) in [6.07, 6.45) is 3.68. The number of thiocarbonyl (C=S) groups is 1. The van der Waals surface area contributed by atoms with Gasteiger partial charge >= 0.3 is 0 Å². The van der Waals surface area contributed by atoms with Crippen molar-refractivity contribution in [2.75, 3.05) is 18.4 Å². The lowest BCUT2D eigenvalue weighted by Crippen LogP contribution is -2.17. The normalized spacial score (nSPS) is 15.5. The largest absolute Gasteiger partial charge is 0.383 e. The molecule has 0 bridgehead atoms. The van der Waals surface area contributed by atoms with E-state index >= 15 is 0 Å². The number of thioether (sulfide) groups is 1. The number of anilines is 1. The fourth-order valence-corrected chi connectivity index (χ4v) is 4.78. The van der Waals surface area contributed by atoms with Crippen LogP contribution in [0.3, 0.4) is 0 Å². The van der Waals surface area contributed by atoms with Crippen molar-refractivity contribution in [3.8, 4) is 11.1 Å². The number of thiophene rings is 1. The third kappa shape index (κ3) is 3.89. The molecule has 136 valence electrons. The Morgan fingerprint density at radius 3 is 2.93 bits per heavy atom. The summed E-state index contributed by atoms with van der Waals surface area (Å²) in [5, 5.41) is 9.12. The Bertz CT molecular complexity index is 1070. The summed E-state index contributed by atoms with van der Waals surface area (Å²) in [5.41, 5.74) is 9.73. The van der Waals surface area contributed by atoms with Gasteiger partial charge in [-0.05, 0) is 40.8 Å². The smallest absolute Gasteiger partial charge is 0.263 e. The minimum Gasteiger partial charge on any atom is -0.383 e. The van der Waals surface area contributed by atoms with Gasteiger partial charge in [0.2, 0.25) is 0 Å². The van der Waals surface area contributed by atoms with Crippen LogP contribution in [-0.2, 0) is 4.79 Å². The number of benzene rings is 1. The van der Waals surface area contributed by atoms with E-state index in [4.69, 9.17) is 18.0 Å². The van der Waals surface area contributed by atoms with Gasteiger partial charge in [0.15, 0.2) is 0 Å². The first kappa shape index (κ1) is 18.1. The first-order valence-corrected chi connectivity index (χ1v) is 10.4. The maximum atomic E-state index is 11.8. The molecule has 3 heterocycles. The molecule has 3 aromatic rings. The summed E-state index contributed by atoms with van der Waals surface area (Å²) < 4.78 is 0.502. The lowest BCUT2D eigenvalue weighted by atomic mass is 10.1. The average molecular weight is 413 g/mol. The van der Waals surface area contributed by atoms with Crippen molar-refractivity contribution in [1.82, 2.24) is 10.3 Å². The standard InChI is InChI=1S/C19H16N4OS3/c20-4-6-22-15-3-5-21-16-8-11(1-2-14(15)16)12-7-13(26-10-12)9-17-18(24)23-19(25)27-17/h1-3,5,7-10H,4,6,20H2,(H,21,22)(H,23,24,25). The number of pyridine rings is 1. The number of aromatic nitrogens is 1. The lowest BCUT2D eigenvalue weighted by molar-refractivity contribution is -0.115. The van der Waals surface area contributed by atoms with Crippen LogP contribution in [0.5, 0.6) is 0 Å². The highest BCUT2D eigenvalue weighted by Gasteiger charge is 2.22. The molecule has 1 aromatic carbocycles. The molecule has 4 rings (SSSR count). The molecule has 0 radical (unpaired) electrons. The van der Waals surface area contributed by atoms with Gasteiger partial charge < -0.3 is 16.4 Å². The molecular weight excluding hydrogens is 396 g/mol. The van der Waals surface area contributed by atoms with E-state index in [0.29, 0.717) is 15.8 Å². The number of fused-ring (bicyclic) bond motifs is 1. The Balaban J connectivity index is 1.63. The topological polar surface area (TPSA) is 80.0 Å². The molecule has 1 fully saturated rings. The monoisotopic (exact) mass is 412 g/mol. The van der Waals surface area contributed by atoms with Crippen LogP contribution in [0.15, 0.2) is 46.8 Å². The number of carbonyl (C=O) groups excluding carboxylic acids is 1. The predicted octanol–water partition coefficient (Wildman–Crippen LogP) is 3.82. The molecule has 5 nitrogen and oxygen atoms in total. The van der Waals surface area contributed by atoms with Gasteiger partial charge in [0, 0.05) is 35.2 Å². The molecule has 2 aromatic heterocycles. The summed E-state index contributed by atoms with van der Waals surface area (Å²) >= 11 is 7.92. The Kier molecular flexibility index (Phi) is 5.22. The van der Waals surface area contributed by atoms with E-state index in [1.807, 2.05) is 12.1 Å². The van der Waals surface area contributed by atoms with Crippen molar-refractivity contribution in [3.63, 3.8) is 0 Å². The summed E-state index contributed by atoms with van der Waals surface area (Å²) in [7, 11) is 0. The molecular formula is C19H16N4OS3. The summed E-state index contributed by atoms with van der Waals surface area (Å²) in [6.45, 7) is 1.30. The number of hydrogen-bond donors (Lipinski definition) is 3. The van der Waals surface area contributed by atoms with Crippen molar-refractivity contribution in [3.05, 3.63) is 51.7 Å². The molecule has 27 heavy (non-hydrogen) atoms. The van der Waals surface area contributed by atoms with E-state index < -0.39 is 0 Å². The molecule has 4 N–H and O–H groups in total. The highest BCUT2D eigenvalue weighted by molar-refractivity contribution is 8.26. The van der Waals surface area contributed by atoms with Gasteiger partial charge in [0.25, 0.3) is 5.91 Å². The molecule has 0 saturated carbocycles. The van der Waals surface area contributed by atoms with Crippen molar-refractivity contribution < 1.29 is 4.79 Å². The Labute approximate surface area is 170 Å². The van der Waals surface area contributed by atoms with Gasteiger partial charge in [-0.2, -0.15) is 0 Å². The summed E-state index contributed by atoms with van der Waals surface area (Å²) in [4.78, 5) is 17.9. The SMILES string of the molecule is NCCNc1ccnc2cc(-c3csc(C=C4SC(=S)NC4=O)c3)ccc12. The van der Waals surface area contributed by atoms with E-state index in [0.717, 1.165) is 39.1 Å². The average Bonchev–Trinajstić information content (AvgIpc) is 3.26. The van der Waals surface area contributed by atoms with E-state index in [-0.39, 0.29) is 5.91 Å². The maximum absolute atomic E-state index is 11.8. The highest BCUT2D eigenvalue weighted by atomic mass is 32.2. The van der Waals surface area contributed by atoms with Gasteiger partial charge in [-0.3, -0.25) is 9.78 Å². The van der Waals surface area contributed by atoms with Gasteiger partial charge in [-0.15, -0.1) is 11.3 Å². The van der Waals surface area contributed by atoms with Crippen molar-refractivity contribution in [1.29, 1.82) is 0 Å². The maximum Gasteiger partial charge on any atom is 0.263 e. The molecule has 0 atom stereocenters. The van der Waals surface area contributed by atoms with Crippen molar-refractivity contribution in [2.45, 2.75) is 0 Å². The number of amides is 1. The van der Waals surface area contributed by atoms with Crippen LogP contribution in [0.4, 0.5) is 5.69 Å². The van der Waals surface area contributed by atoms with Crippen LogP contribution < -0.4 is 16.4 Å². The highest BCUT2D eigenvalue weighted by Crippen LogP contribution is 2.33. The molecule has 1 aliphatic heterocycles. The quantitative estimate of drug-likeness (QED) is 0.437. The fraction of sp³-hybridized carbons (Fsp3) is 0.105. The molecule has 1 saturated heterocycles. The Morgan fingerprint density at radius 2 is 2.15 bits per heavy atom. The number of hydrogen-bond acceptors (Lipinski definition) is 7. The number of nitrogens with one attached hydrogen (secondary N) is 2. The van der Waals surface area contributed by atoms with E-state index in [9.17, 15) is 4.79 Å². The molecule has 1 amide bonds. The lowest BCUT2D eigenvalue weighted by Gasteiger charge is -2.09. The van der Waals surface area contributed by atoms with Crippen LogP contribution in [0, 0.1) is 0 Å².